The molecule has 0 unspecified atom stereocenters. The first-order chi connectivity index (χ1) is 11.5. The molecule has 9 nitrogen and oxygen atoms in total. The van der Waals surface area contributed by atoms with Gasteiger partial charge in [0.1, 0.15) is 0 Å². The number of ether oxygens (including phenoxy) is 1. The second kappa shape index (κ2) is 6.67. The van der Waals surface area contributed by atoms with E-state index in [2.05, 4.69) is 15.5 Å². The molecule has 1 fully saturated rings. The number of carbonyl (C=O) groups is 1. The topological polar surface area (TPSA) is 115 Å². The van der Waals surface area contributed by atoms with Crippen LogP contribution >= 0.6 is 0 Å². The highest BCUT2D eigenvalue weighted by Crippen LogP contribution is 2.18. The summed E-state index contributed by atoms with van der Waals surface area (Å²) in [7, 11) is -3.58. The lowest BCUT2D eigenvalue weighted by molar-refractivity contribution is 0.0730. The number of benzene rings is 1. The monoisotopic (exact) mass is 352 g/mol. The molecular formula is C14H16N4O5S. The SMILES string of the molecule is Cc1nnc(NC(=O)c2ccc(S(=O)(=O)N3CCOCC3)cc2)o1. The van der Waals surface area contributed by atoms with Gasteiger partial charge in [-0.25, -0.2) is 8.42 Å². The first kappa shape index (κ1) is 16.6. The second-order valence-corrected chi connectivity index (χ2v) is 7.06. The van der Waals surface area contributed by atoms with Crippen molar-refractivity contribution in [3.8, 4) is 0 Å². The van der Waals surface area contributed by atoms with Gasteiger partial charge in [-0.2, -0.15) is 4.31 Å². The van der Waals surface area contributed by atoms with E-state index in [1.165, 1.54) is 28.6 Å². The van der Waals surface area contributed by atoms with Crippen LogP contribution in [0.5, 0.6) is 0 Å². The van der Waals surface area contributed by atoms with E-state index in [9.17, 15) is 13.2 Å². The van der Waals surface area contributed by atoms with Crippen LogP contribution in [0.2, 0.25) is 0 Å². The number of nitrogens with one attached hydrogen (secondary N) is 1. The van der Waals surface area contributed by atoms with Gasteiger partial charge in [-0.15, -0.1) is 5.10 Å². The number of morpholine rings is 1. The summed E-state index contributed by atoms with van der Waals surface area (Å²) < 4.78 is 36.6. The number of sulfonamides is 1. The minimum atomic E-state index is -3.58. The first-order valence-electron chi connectivity index (χ1n) is 7.26. The Balaban J connectivity index is 1.73. The Bertz CT molecular complexity index is 825. The molecule has 1 aliphatic heterocycles. The van der Waals surface area contributed by atoms with Gasteiger partial charge in [0.2, 0.25) is 15.9 Å². The van der Waals surface area contributed by atoms with Gasteiger partial charge >= 0.3 is 6.01 Å². The van der Waals surface area contributed by atoms with Crippen molar-refractivity contribution in [2.75, 3.05) is 31.6 Å². The number of hydrogen-bond acceptors (Lipinski definition) is 7. The third-order valence-electron chi connectivity index (χ3n) is 3.47. The van der Waals surface area contributed by atoms with E-state index in [-0.39, 0.29) is 16.5 Å². The molecule has 0 radical (unpaired) electrons. The quantitative estimate of drug-likeness (QED) is 0.859. The van der Waals surface area contributed by atoms with Gasteiger partial charge in [-0.3, -0.25) is 10.1 Å². The Labute approximate surface area is 138 Å². The first-order valence-corrected chi connectivity index (χ1v) is 8.70. The average molecular weight is 352 g/mol. The predicted octanol–water partition coefficient (Wildman–Crippen LogP) is 0.651. The van der Waals surface area contributed by atoms with Crippen LogP contribution in [0.4, 0.5) is 6.01 Å². The molecule has 128 valence electrons. The molecule has 1 amide bonds. The smallest absolute Gasteiger partial charge is 0.322 e. The molecule has 1 N–H and O–H groups in total. The summed E-state index contributed by atoms with van der Waals surface area (Å²) in [6.45, 7) is 3.00. The van der Waals surface area contributed by atoms with Gasteiger partial charge < -0.3 is 9.15 Å². The summed E-state index contributed by atoms with van der Waals surface area (Å²) >= 11 is 0. The van der Waals surface area contributed by atoms with E-state index in [0.717, 1.165) is 0 Å². The van der Waals surface area contributed by atoms with Gasteiger partial charge in [-0.1, -0.05) is 5.10 Å². The van der Waals surface area contributed by atoms with Crippen LogP contribution in [-0.2, 0) is 14.8 Å². The van der Waals surface area contributed by atoms with Crippen LogP contribution in [0.1, 0.15) is 16.2 Å². The zero-order chi connectivity index (χ0) is 17.2. The van der Waals surface area contributed by atoms with Crippen molar-refractivity contribution in [1.82, 2.24) is 14.5 Å². The molecule has 1 aromatic heterocycles. The van der Waals surface area contributed by atoms with E-state index in [4.69, 9.17) is 9.15 Å². The third-order valence-corrected chi connectivity index (χ3v) is 5.38. The fourth-order valence-electron chi connectivity index (χ4n) is 2.23. The Morgan fingerprint density at radius 3 is 2.42 bits per heavy atom. The van der Waals surface area contributed by atoms with Crippen LogP contribution in [0.25, 0.3) is 0 Å². The van der Waals surface area contributed by atoms with Gasteiger partial charge in [0.25, 0.3) is 5.91 Å². The molecule has 0 atom stereocenters. The number of anilines is 1. The summed E-state index contributed by atoms with van der Waals surface area (Å²) in [4.78, 5) is 12.2. The summed E-state index contributed by atoms with van der Waals surface area (Å²) in [5.74, 6) is -0.133. The number of aromatic nitrogens is 2. The fraction of sp³-hybridized carbons (Fsp3) is 0.357. The van der Waals surface area contributed by atoms with Crippen molar-refractivity contribution in [1.29, 1.82) is 0 Å². The highest BCUT2D eigenvalue weighted by Gasteiger charge is 2.26. The third kappa shape index (κ3) is 3.45. The number of aryl methyl sites for hydroxylation is 1. The molecule has 0 saturated carbocycles. The lowest BCUT2D eigenvalue weighted by Gasteiger charge is -2.26. The van der Waals surface area contributed by atoms with Crippen molar-refractivity contribution < 1.29 is 22.4 Å². The summed E-state index contributed by atoms with van der Waals surface area (Å²) in [6.07, 6.45) is 0. The normalized spacial score (nSPS) is 16.0. The summed E-state index contributed by atoms with van der Waals surface area (Å²) in [5.41, 5.74) is 0.284. The Morgan fingerprint density at radius 2 is 1.83 bits per heavy atom. The second-order valence-electron chi connectivity index (χ2n) is 5.12. The molecule has 1 aromatic carbocycles. The maximum Gasteiger partial charge on any atom is 0.322 e. The van der Waals surface area contributed by atoms with Crippen molar-refractivity contribution in [2.45, 2.75) is 11.8 Å². The van der Waals surface area contributed by atoms with Gasteiger partial charge in [0.15, 0.2) is 0 Å². The zero-order valence-corrected chi connectivity index (χ0v) is 13.7. The lowest BCUT2D eigenvalue weighted by Crippen LogP contribution is -2.40. The van der Waals surface area contributed by atoms with E-state index in [1.54, 1.807) is 6.92 Å². The molecule has 10 heteroatoms. The number of rotatable bonds is 4. The highest BCUT2D eigenvalue weighted by molar-refractivity contribution is 7.89. The van der Waals surface area contributed by atoms with Crippen molar-refractivity contribution in [3.05, 3.63) is 35.7 Å². The highest BCUT2D eigenvalue weighted by atomic mass is 32.2. The molecule has 0 aliphatic carbocycles. The van der Waals surface area contributed by atoms with Gasteiger partial charge in [-0.05, 0) is 24.3 Å². The molecule has 2 aromatic rings. The van der Waals surface area contributed by atoms with Gasteiger partial charge in [0, 0.05) is 25.6 Å². The van der Waals surface area contributed by atoms with Crippen molar-refractivity contribution in [3.63, 3.8) is 0 Å². The van der Waals surface area contributed by atoms with E-state index >= 15 is 0 Å². The van der Waals surface area contributed by atoms with Crippen LogP contribution in [0, 0.1) is 6.92 Å². The number of amides is 1. The fourth-order valence-corrected chi connectivity index (χ4v) is 3.64. The maximum atomic E-state index is 12.5. The molecule has 1 saturated heterocycles. The molecule has 24 heavy (non-hydrogen) atoms. The molecule has 2 heterocycles. The zero-order valence-electron chi connectivity index (χ0n) is 12.9. The van der Waals surface area contributed by atoms with E-state index in [0.29, 0.717) is 32.2 Å². The van der Waals surface area contributed by atoms with Crippen LogP contribution in [0.3, 0.4) is 0 Å². The molecule has 3 rings (SSSR count). The van der Waals surface area contributed by atoms with Crippen LogP contribution in [0.15, 0.2) is 33.6 Å². The summed E-state index contributed by atoms with van der Waals surface area (Å²) in [6, 6.07) is 5.66. The largest absolute Gasteiger partial charge is 0.408 e. The minimum absolute atomic E-state index is 0.0116. The average Bonchev–Trinajstić information content (AvgIpc) is 3.00. The van der Waals surface area contributed by atoms with Gasteiger partial charge in [0.05, 0.1) is 18.1 Å². The predicted molar refractivity (Wildman–Crippen MR) is 83.0 cm³/mol. The van der Waals surface area contributed by atoms with Crippen molar-refractivity contribution in [2.24, 2.45) is 0 Å². The number of carbonyl (C=O) groups excluding carboxylic acids is 1. The van der Waals surface area contributed by atoms with Crippen LogP contribution < -0.4 is 5.32 Å². The minimum Gasteiger partial charge on any atom is -0.408 e. The maximum absolute atomic E-state index is 12.5. The molecule has 0 spiro atoms. The van der Waals surface area contributed by atoms with Crippen molar-refractivity contribution >= 4 is 21.9 Å². The lowest BCUT2D eigenvalue weighted by atomic mass is 10.2. The standard InChI is InChI=1S/C14H16N4O5S/c1-10-16-17-14(23-10)15-13(19)11-2-4-12(5-3-11)24(20,21)18-6-8-22-9-7-18/h2-5H,6-9H2,1H3,(H,15,17,19). The number of hydrogen-bond donors (Lipinski definition) is 1. The summed E-state index contributed by atoms with van der Waals surface area (Å²) in [5, 5.41) is 9.72. The Morgan fingerprint density at radius 1 is 1.17 bits per heavy atom. The molecule has 1 aliphatic rings. The molecule has 0 bridgehead atoms. The molecular weight excluding hydrogens is 336 g/mol. The van der Waals surface area contributed by atoms with E-state index in [1.807, 2.05) is 0 Å². The Kier molecular flexibility index (Phi) is 4.60. The van der Waals surface area contributed by atoms with E-state index < -0.39 is 15.9 Å². The van der Waals surface area contributed by atoms with Crippen LogP contribution in [-0.4, -0.2) is 55.1 Å². The Hall–Kier alpha value is -2.30. The number of nitrogens with zero attached hydrogens (tertiary/aromatic N) is 3.